The molecular formula is C14H20N2O3. The van der Waals surface area contributed by atoms with Crippen molar-refractivity contribution in [3.8, 4) is 0 Å². The highest BCUT2D eigenvalue weighted by atomic mass is 16.6. The minimum absolute atomic E-state index is 0.128. The zero-order valence-electron chi connectivity index (χ0n) is 11.2. The number of nitrogens with zero attached hydrogens (tertiary/aromatic N) is 2. The monoisotopic (exact) mass is 264 g/mol. The number of nitro groups is 1. The summed E-state index contributed by atoms with van der Waals surface area (Å²) in [7, 11) is 0. The lowest BCUT2D eigenvalue weighted by Gasteiger charge is -2.37. The smallest absolute Gasteiger partial charge is 0.269 e. The van der Waals surface area contributed by atoms with Gasteiger partial charge in [-0.25, -0.2) is 0 Å². The molecule has 0 unspecified atom stereocenters. The van der Waals surface area contributed by atoms with Crippen molar-refractivity contribution in [2.45, 2.75) is 44.9 Å². The Kier molecular flexibility index (Phi) is 4.50. The highest BCUT2D eigenvalue weighted by Crippen LogP contribution is 2.23. The fraction of sp³-hybridized carbons (Fsp3) is 0.571. The van der Waals surface area contributed by atoms with Crippen molar-refractivity contribution in [3.05, 3.63) is 39.9 Å². The van der Waals surface area contributed by atoms with Gasteiger partial charge in [-0.1, -0.05) is 18.6 Å². The van der Waals surface area contributed by atoms with Crippen molar-refractivity contribution in [2.24, 2.45) is 0 Å². The van der Waals surface area contributed by atoms with Gasteiger partial charge in [0.25, 0.3) is 5.69 Å². The van der Waals surface area contributed by atoms with Gasteiger partial charge >= 0.3 is 0 Å². The van der Waals surface area contributed by atoms with Gasteiger partial charge in [0, 0.05) is 24.7 Å². The van der Waals surface area contributed by atoms with Crippen LogP contribution in [-0.4, -0.2) is 33.6 Å². The van der Waals surface area contributed by atoms with Gasteiger partial charge < -0.3 is 5.11 Å². The van der Waals surface area contributed by atoms with Crippen LogP contribution < -0.4 is 0 Å². The van der Waals surface area contributed by atoms with Gasteiger partial charge in [-0.3, -0.25) is 15.0 Å². The minimum atomic E-state index is -0.369. The van der Waals surface area contributed by atoms with Crippen LogP contribution in [0.5, 0.6) is 0 Å². The summed E-state index contributed by atoms with van der Waals surface area (Å²) in [6.07, 6.45) is 2.89. The average molecular weight is 264 g/mol. The first-order valence-electron chi connectivity index (χ1n) is 6.73. The quantitative estimate of drug-likeness (QED) is 0.669. The van der Waals surface area contributed by atoms with Gasteiger partial charge in [0.2, 0.25) is 0 Å². The lowest BCUT2D eigenvalue weighted by Crippen LogP contribution is -2.45. The molecule has 5 heteroatoms. The van der Waals surface area contributed by atoms with Crippen LogP contribution in [0.3, 0.4) is 0 Å². The Balaban J connectivity index is 2.10. The Labute approximate surface area is 113 Å². The first-order chi connectivity index (χ1) is 9.08. The molecule has 0 bridgehead atoms. The number of hydrogen-bond donors (Lipinski definition) is 1. The summed E-state index contributed by atoms with van der Waals surface area (Å²) >= 11 is 0. The molecule has 19 heavy (non-hydrogen) atoms. The fourth-order valence-electron chi connectivity index (χ4n) is 2.76. The third kappa shape index (κ3) is 3.52. The summed E-state index contributed by atoms with van der Waals surface area (Å²) in [5.74, 6) is 0. The SMILES string of the molecule is C[C@@H](O)[C@@H]1CCCCN1Cc1cccc([N+](=O)[O-])c1. The van der Waals surface area contributed by atoms with Gasteiger partial charge in [0.15, 0.2) is 0 Å². The number of likely N-dealkylation sites (tertiary alicyclic amines) is 1. The molecule has 0 radical (unpaired) electrons. The zero-order chi connectivity index (χ0) is 13.8. The summed E-state index contributed by atoms with van der Waals surface area (Å²) in [5, 5.41) is 20.6. The predicted molar refractivity (Wildman–Crippen MR) is 72.8 cm³/mol. The van der Waals surface area contributed by atoms with E-state index in [9.17, 15) is 15.2 Å². The summed E-state index contributed by atoms with van der Waals surface area (Å²) in [5.41, 5.74) is 1.06. The van der Waals surface area contributed by atoms with Crippen LogP contribution >= 0.6 is 0 Å². The Morgan fingerprint density at radius 3 is 3.00 bits per heavy atom. The van der Waals surface area contributed by atoms with E-state index in [-0.39, 0.29) is 22.8 Å². The van der Waals surface area contributed by atoms with Crippen molar-refractivity contribution in [2.75, 3.05) is 6.54 Å². The van der Waals surface area contributed by atoms with Crippen LogP contribution in [0.15, 0.2) is 24.3 Å². The minimum Gasteiger partial charge on any atom is -0.392 e. The molecule has 1 heterocycles. The molecule has 1 aliphatic heterocycles. The second-order valence-electron chi connectivity index (χ2n) is 5.20. The summed E-state index contributed by atoms with van der Waals surface area (Å²) in [6, 6.07) is 6.91. The van der Waals surface area contributed by atoms with Crippen LogP contribution in [0.4, 0.5) is 5.69 Å². The summed E-state index contributed by atoms with van der Waals surface area (Å²) in [4.78, 5) is 12.6. The number of rotatable bonds is 4. The molecule has 1 saturated heterocycles. The van der Waals surface area contributed by atoms with Crippen LogP contribution in [0.1, 0.15) is 31.7 Å². The highest BCUT2D eigenvalue weighted by Gasteiger charge is 2.26. The molecule has 0 aliphatic carbocycles. The number of nitro benzene ring substituents is 1. The number of aliphatic hydroxyl groups excluding tert-OH is 1. The van der Waals surface area contributed by atoms with Crippen LogP contribution in [-0.2, 0) is 6.54 Å². The van der Waals surface area contributed by atoms with Crippen molar-refractivity contribution in [3.63, 3.8) is 0 Å². The van der Waals surface area contributed by atoms with Crippen molar-refractivity contribution in [1.29, 1.82) is 0 Å². The van der Waals surface area contributed by atoms with E-state index in [1.807, 2.05) is 13.0 Å². The van der Waals surface area contributed by atoms with E-state index in [0.717, 1.165) is 31.4 Å². The summed E-state index contributed by atoms with van der Waals surface area (Å²) < 4.78 is 0. The Bertz CT molecular complexity index is 448. The highest BCUT2D eigenvalue weighted by molar-refractivity contribution is 5.34. The molecule has 104 valence electrons. The first kappa shape index (κ1) is 14.0. The fourth-order valence-corrected chi connectivity index (χ4v) is 2.76. The van der Waals surface area contributed by atoms with E-state index in [0.29, 0.717) is 6.54 Å². The normalized spacial score (nSPS) is 22.1. The van der Waals surface area contributed by atoms with Crippen molar-refractivity contribution >= 4 is 5.69 Å². The molecule has 2 atom stereocenters. The molecule has 0 aromatic heterocycles. The maximum atomic E-state index is 10.8. The predicted octanol–water partition coefficient (Wildman–Crippen LogP) is 2.33. The average Bonchev–Trinajstić information content (AvgIpc) is 2.39. The second kappa shape index (κ2) is 6.12. The standard InChI is InChI=1S/C14H20N2O3/c1-11(17)14-7-2-3-8-15(14)10-12-5-4-6-13(9-12)16(18)19/h4-6,9,11,14,17H,2-3,7-8,10H2,1H3/t11-,14+/m1/s1. The molecule has 1 aromatic rings. The van der Waals surface area contributed by atoms with Crippen LogP contribution in [0.25, 0.3) is 0 Å². The Hall–Kier alpha value is -1.46. The number of piperidine rings is 1. The maximum absolute atomic E-state index is 10.8. The first-order valence-corrected chi connectivity index (χ1v) is 6.73. The number of non-ortho nitro benzene ring substituents is 1. The number of hydrogen-bond acceptors (Lipinski definition) is 4. The molecule has 0 amide bonds. The topological polar surface area (TPSA) is 66.6 Å². The Morgan fingerprint density at radius 2 is 2.32 bits per heavy atom. The van der Waals surface area contributed by atoms with Gasteiger partial charge in [0.05, 0.1) is 11.0 Å². The van der Waals surface area contributed by atoms with Gasteiger partial charge in [0.1, 0.15) is 0 Å². The van der Waals surface area contributed by atoms with Gasteiger partial charge in [-0.2, -0.15) is 0 Å². The molecule has 1 fully saturated rings. The zero-order valence-corrected chi connectivity index (χ0v) is 11.2. The number of aliphatic hydroxyl groups is 1. The van der Waals surface area contributed by atoms with Gasteiger partial charge in [-0.05, 0) is 31.9 Å². The number of benzene rings is 1. The lowest BCUT2D eigenvalue weighted by molar-refractivity contribution is -0.384. The molecule has 5 nitrogen and oxygen atoms in total. The third-order valence-electron chi connectivity index (χ3n) is 3.73. The molecule has 0 spiro atoms. The summed E-state index contributed by atoms with van der Waals surface area (Å²) in [6.45, 7) is 3.42. The maximum Gasteiger partial charge on any atom is 0.269 e. The van der Waals surface area contributed by atoms with Crippen molar-refractivity contribution < 1.29 is 10.0 Å². The van der Waals surface area contributed by atoms with Crippen LogP contribution in [0, 0.1) is 10.1 Å². The second-order valence-corrected chi connectivity index (χ2v) is 5.20. The van der Waals surface area contributed by atoms with E-state index in [4.69, 9.17) is 0 Å². The van der Waals surface area contributed by atoms with E-state index in [1.165, 1.54) is 6.07 Å². The molecule has 1 aromatic carbocycles. The largest absolute Gasteiger partial charge is 0.392 e. The molecule has 1 aliphatic rings. The molecule has 1 N–H and O–H groups in total. The van der Waals surface area contributed by atoms with Crippen molar-refractivity contribution in [1.82, 2.24) is 4.90 Å². The molecule has 2 rings (SSSR count). The van der Waals surface area contributed by atoms with Gasteiger partial charge in [-0.15, -0.1) is 0 Å². The van der Waals surface area contributed by atoms with E-state index in [1.54, 1.807) is 12.1 Å². The molecule has 0 saturated carbocycles. The molecular weight excluding hydrogens is 244 g/mol. The van der Waals surface area contributed by atoms with Crippen LogP contribution in [0.2, 0.25) is 0 Å². The Morgan fingerprint density at radius 1 is 1.53 bits per heavy atom. The lowest BCUT2D eigenvalue weighted by atomic mass is 9.97. The van der Waals surface area contributed by atoms with E-state index < -0.39 is 0 Å². The van der Waals surface area contributed by atoms with E-state index in [2.05, 4.69) is 4.90 Å². The third-order valence-corrected chi connectivity index (χ3v) is 3.73. The van der Waals surface area contributed by atoms with E-state index >= 15 is 0 Å².